The Bertz CT molecular complexity index is 520. The average molecular weight is 658 g/mol. The SMILES string of the molecule is CCC[CH2][Sn]([CH2]CCC)([CH2]CCC)[CH2]CC[CH2][Sn]([CH2]CCC)([CH2]CCC)[c]1ccnnc1. The summed E-state index contributed by atoms with van der Waals surface area (Å²) in [4.78, 5) is 0. The van der Waals surface area contributed by atoms with Crippen molar-refractivity contribution in [2.45, 2.75) is 143 Å². The van der Waals surface area contributed by atoms with Gasteiger partial charge in [0.25, 0.3) is 0 Å². The van der Waals surface area contributed by atoms with Crippen molar-refractivity contribution in [1.29, 1.82) is 0 Å². The van der Waals surface area contributed by atoms with Gasteiger partial charge >= 0.3 is 212 Å². The third-order valence-corrected chi connectivity index (χ3v) is 39.7. The van der Waals surface area contributed by atoms with Crippen LogP contribution >= 0.6 is 0 Å². The first-order valence-electron chi connectivity index (χ1n) is 14.4. The number of rotatable bonds is 21. The van der Waals surface area contributed by atoms with Crippen LogP contribution in [0.4, 0.5) is 0 Å². The van der Waals surface area contributed by atoms with Crippen LogP contribution in [0.15, 0.2) is 18.5 Å². The Hall–Kier alpha value is 0.677. The molecule has 0 aliphatic rings. The third kappa shape index (κ3) is 11.4. The van der Waals surface area contributed by atoms with Gasteiger partial charge in [0.1, 0.15) is 0 Å². The molecule has 1 rings (SSSR count). The van der Waals surface area contributed by atoms with E-state index in [1.807, 2.05) is 6.20 Å². The topological polar surface area (TPSA) is 25.8 Å². The second-order valence-electron chi connectivity index (χ2n) is 10.6. The van der Waals surface area contributed by atoms with Gasteiger partial charge in [-0.15, -0.1) is 0 Å². The molecule has 4 heteroatoms. The molecule has 0 radical (unpaired) electrons. The number of aromatic nitrogens is 2. The molecule has 0 saturated heterocycles. The predicted octanol–water partition coefficient (Wildman–Crippen LogP) is 9.36. The van der Waals surface area contributed by atoms with Gasteiger partial charge in [-0.05, 0) is 0 Å². The summed E-state index contributed by atoms with van der Waals surface area (Å²) in [5.74, 6) is 0. The molecule has 32 heavy (non-hydrogen) atoms. The zero-order valence-electron chi connectivity index (χ0n) is 22.6. The Kier molecular flexibility index (Phi) is 18.2. The van der Waals surface area contributed by atoms with Crippen LogP contribution in [0.5, 0.6) is 0 Å². The molecule has 0 aliphatic carbocycles. The van der Waals surface area contributed by atoms with Gasteiger partial charge in [-0.3, -0.25) is 0 Å². The summed E-state index contributed by atoms with van der Waals surface area (Å²) in [5.41, 5.74) is 0. The molecule has 2 nitrogen and oxygen atoms in total. The van der Waals surface area contributed by atoms with E-state index in [9.17, 15) is 0 Å². The van der Waals surface area contributed by atoms with Crippen molar-refractivity contribution in [2.24, 2.45) is 0 Å². The molecule has 1 aromatic heterocycles. The molecule has 0 fully saturated rings. The van der Waals surface area contributed by atoms with Crippen molar-refractivity contribution < 1.29 is 0 Å². The first-order valence-corrected chi connectivity index (χ1v) is 29.9. The number of unbranched alkanes of at least 4 members (excludes halogenated alkanes) is 6. The van der Waals surface area contributed by atoms with E-state index >= 15 is 0 Å². The van der Waals surface area contributed by atoms with Crippen molar-refractivity contribution in [3.63, 3.8) is 0 Å². The summed E-state index contributed by atoms with van der Waals surface area (Å²) in [7, 11) is 0. The zero-order valence-corrected chi connectivity index (χ0v) is 28.3. The van der Waals surface area contributed by atoms with Crippen LogP contribution in [0.3, 0.4) is 0 Å². The number of nitrogens with zero attached hydrogens (tertiary/aromatic N) is 2. The van der Waals surface area contributed by atoms with E-state index in [-0.39, 0.29) is 0 Å². The second kappa shape index (κ2) is 18.9. The minimum atomic E-state index is -2.38. The van der Waals surface area contributed by atoms with E-state index in [0.717, 1.165) is 0 Å². The molecule has 0 aliphatic heterocycles. The Morgan fingerprint density at radius 3 is 1.38 bits per heavy atom. The van der Waals surface area contributed by atoms with Gasteiger partial charge in [0.05, 0.1) is 0 Å². The molecular weight excluding hydrogens is 602 g/mol. The quantitative estimate of drug-likeness (QED) is 0.0973. The zero-order chi connectivity index (χ0) is 23.5. The molecule has 0 bridgehead atoms. The van der Waals surface area contributed by atoms with Gasteiger partial charge in [-0.1, -0.05) is 0 Å². The van der Waals surface area contributed by atoms with Gasteiger partial charge < -0.3 is 0 Å². The normalized spacial score (nSPS) is 12.4. The van der Waals surface area contributed by atoms with E-state index in [1.165, 1.54) is 79.5 Å². The van der Waals surface area contributed by atoms with Crippen molar-refractivity contribution in [1.82, 2.24) is 10.2 Å². The summed E-state index contributed by atoms with van der Waals surface area (Å²) >= 11 is -4.35. The van der Waals surface area contributed by atoms with E-state index in [1.54, 1.807) is 32.2 Å². The first-order chi connectivity index (χ1) is 15.6. The molecular formula is C28H56N2Sn2. The monoisotopic (exact) mass is 660 g/mol. The number of hydrogen-bond donors (Lipinski definition) is 0. The fraction of sp³-hybridized carbons (Fsp3) is 0.857. The van der Waals surface area contributed by atoms with Crippen LogP contribution in [0.1, 0.15) is 112 Å². The van der Waals surface area contributed by atoms with Crippen molar-refractivity contribution in [2.75, 3.05) is 0 Å². The predicted molar refractivity (Wildman–Crippen MR) is 151 cm³/mol. The van der Waals surface area contributed by atoms with Gasteiger partial charge in [0.15, 0.2) is 0 Å². The van der Waals surface area contributed by atoms with Crippen LogP contribution in [0.25, 0.3) is 0 Å². The standard InChI is InChI=1S/C4H3N2.5C4H9.C4H8.2Sn/c1-2-4-6-5-3-1;6*1-3-4-2;;/h1,3-4H;5*1,3-4H2,2H3;1-4H2;;. The van der Waals surface area contributed by atoms with E-state index < -0.39 is 36.8 Å². The van der Waals surface area contributed by atoms with Crippen LogP contribution in [0.2, 0.25) is 31.1 Å². The van der Waals surface area contributed by atoms with Gasteiger partial charge in [0.2, 0.25) is 0 Å². The summed E-state index contributed by atoms with van der Waals surface area (Å²) in [6.45, 7) is 12.0. The van der Waals surface area contributed by atoms with Crippen LogP contribution in [-0.4, -0.2) is 47.0 Å². The molecule has 0 spiro atoms. The summed E-state index contributed by atoms with van der Waals surface area (Å²) < 4.78 is 13.0. The molecule has 0 aromatic carbocycles. The Morgan fingerprint density at radius 1 is 0.531 bits per heavy atom. The maximum absolute atomic E-state index is 4.35. The second-order valence-corrected chi connectivity index (χ2v) is 38.1. The molecule has 1 aromatic rings. The molecule has 0 unspecified atom stereocenters. The molecule has 0 atom stereocenters. The van der Waals surface area contributed by atoms with Gasteiger partial charge in [-0.25, -0.2) is 0 Å². The summed E-state index contributed by atoms with van der Waals surface area (Å²) in [6.07, 6.45) is 21.5. The molecule has 0 saturated carbocycles. The fourth-order valence-corrected chi connectivity index (χ4v) is 37.7. The van der Waals surface area contributed by atoms with E-state index in [2.05, 4.69) is 57.1 Å². The summed E-state index contributed by atoms with van der Waals surface area (Å²) in [5, 5.41) is 8.47. The Labute approximate surface area is 210 Å². The van der Waals surface area contributed by atoms with Gasteiger partial charge in [-0.2, -0.15) is 0 Å². The van der Waals surface area contributed by atoms with Crippen molar-refractivity contribution in [3.05, 3.63) is 18.5 Å². The van der Waals surface area contributed by atoms with Crippen LogP contribution in [0, 0.1) is 0 Å². The molecule has 0 amide bonds. The minimum absolute atomic E-state index is 1.34. The van der Waals surface area contributed by atoms with Gasteiger partial charge in [0, 0.05) is 0 Å². The average Bonchev–Trinajstić information content (AvgIpc) is 2.84. The van der Waals surface area contributed by atoms with Crippen molar-refractivity contribution >= 4 is 40.3 Å². The maximum atomic E-state index is 4.35. The fourth-order valence-electron chi connectivity index (χ4n) is 5.81. The number of hydrogen-bond acceptors (Lipinski definition) is 2. The van der Waals surface area contributed by atoms with Crippen LogP contribution in [-0.2, 0) is 0 Å². The Balaban J connectivity index is 2.91. The Morgan fingerprint density at radius 2 is 0.938 bits per heavy atom. The molecule has 186 valence electrons. The first kappa shape index (κ1) is 30.7. The summed E-state index contributed by atoms with van der Waals surface area (Å²) in [6, 6.07) is 2.36. The molecule has 0 N–H and O–H groups in total. The van der Waals surface area contributed by atoms with E-state index in [0.29, 0.717) is 0 Å². The molecule has 1 heterocycles. The third-order valence-electron chi connectivity index (χ3n) is 8.01. The van der Waals surface area contributed by atoms with E-state index in [4.69, 9.17) is 0 Å². The van der Waals surface area contributed by atoms with Crippen LogP contribution < -0.4 is 3.58 Å². The van der Waals surface area contributed by atoms with Crippen molar-refractivity contribution in [3.8, 4) is 0 Å².